The summed E-state index contributed by atoms with van der Waals surface area (Å²) in [6.07, 6.45) is 1.55. The van der Waals surface area contributed by atoms with Gasteiger partial charge < -0.3 is 10.1 Å². The molecular weight excluding hydrogens is 310 g/mol. The van der Waals surface area contributed by atoms with Gasteiger partial charge in [0, 0.05) is 11.9 Å². The second-order valence-electron chi connectivity index (χ2n) is 6.11. The van der Waals surface area contributed by atoms with Crippen LogP contribution in [0.2, 0.25) is 0 Å². The second kappa shape index (κ2) is 7.25. The molecule has 0 spiro atoms. The third-order valence-corrected chi connectivity index (χ3v) is 3.67. The van der Waals surface area contributed by atoms with E-state index in [0.717, 1.165) is 0 Å². The highest BCUT2D eigenvalue weighted by Crippen LogP contribution is 2.37. The van der Waals surface area contributed by atoms with Crippen molar-refractivity contribution in [2.75, 3.05) is 6.61 Å². The van der Waals surface area contributed by atoms with Crippen molar-refractivity contribution in [3.8, 4) is 0 Å². The molecule has 2 rings (SSSR count). The van der Waals surface area contributed by atoms with Gasteiger partial charge in [-0.2, -0.15) is 0 Å². The molecule has 0 amide bonds. The number of nitro groups is 1. The summed E-state index contributed by atoms with van der Waals surface area (Å²) < 4.78 is 5.32. The van der Waals surface area contributed by atoms with Crippen LogP contribution in [-0.4, -0.2) is 22.5 Å². The lowest BCUT2D eigenvalue weighted by molar-refractivity contribution is -0.431. The Kier molecular flexibility index (Phi) is 5.33. The van der Waals surface area contributed by atoms with Crippen LogP contribution in [0.5, 0.6) is 0 Å². The molecule has 0 bridgehead atoms. The van der Waals surface area contributed by atoms with E-state index in [9.17, 15) is 14.9 Å². The van der Waals surface area contributed by atoms with E-state index in [1.165, 1.54) is 0 Å². The van der Waals surface area contributed by atoms with Gasteiger partial charge in [0.2, 0.25) is 0 Å². The van der Waals surface area contributed by atoms with Crippen molar-refractivity contribution in [2.24, 2.45) is 5.92 Å². The fourth-order valence-corrected chi connectivity index (χ4v) is 2.65. The maximum Gasteiger partial charge on any atom is 0.337 e. The summed E-state index contributed by atoms with van der Waals surface area (Å²) in [6, 6.07) is 5.14. The Morgan fingerprint density at radius 2 is 2.08 bits per heavy atom. The largest absolute Gasteiger partial charge is 0.462 e. The minimum atomic E-state index is -0.859. The smallest absolute Gasteiger partial charge is 0.337 e. The Labute approximate surface area is 140 Å². The van der Waals surface area contributed by atoms with E-state index in [1.54, 1.807) is 38.2 Å². The van der Waals surface area contributed by atoms with Gasteiger partial charge in [-0.15, -0.1) is 0 Å². The Bertz CT molecular complexity index is 708. The summed E-state index contributed by atoms with van der Waals surface area (Å²) in [4.78, 5) is 27.9. The maximum absolute atomic E-state index is 12.6. The molecule has 0 aromatic carbocycles. The highest BCUT2D eigenvalue weighted by atomic mass is 16.6. The first-order chi connectivity index (χ1) is 11.3. The zero-order chi connectivity index (χ0) is 17.9. The Morgan fingerprint density at radius 3 is 2.62 bits per heavy atom. The number of hydrogen-bond acceptors (Lipinski definition) is 6. The first-order valence-electron chi connectivity index (χ1n) is 7.74. The van der Waals surface area contributed by atoms with E-state index in [0.29, 0.717) is 17.1 Å². The molecule has 0 fully saturated rings. The standard InChI is InChI=1S/C17H21N3O4/c1-10(2)9-24-17(21)14-11(3)19-12(4)16(20(22)23)15(14)13-7-5-6-8-18-13/h5-8,10,15,19H,9H2,1-4H3. The average Bonchev–Trinajstić information content (AvgIpc) is 2.52. The Balaban J connectivity index is 2.51. The number of esters is 1. The van der Waals surface area contributed by atoms with Gasteiger partial charge >= 0.3 is 5.97 Å². The number of dihydropyridines is 1. The zero-order valence-corrected chi connectivity index (χ0v) is 14.2. The molecule has 24 heavy (non-hydrogen) atoms. The molecule has 1 aliphatic rings. The van der Waals surface area contributed by atoms with Crippen molar-refractivity contribution in [3.63, 3.8) is 0 Å². The lowest BCUT2D eigenvalue weighted by atomic mass is 9.87. The van der Waals surface area contributed by atoms with Gasteiger partial charge in [-0.05, 0) is 31.9 Å². The Hall–Kier alpha value is -2.70. The zero-order valence-electron chi connectivity index (χ0n) is 14.2. The van der Waals surface area contributed by atoms with Crippen molar-refractivity contribution in [3.05, 3.63) is 62.9 Å². The van der Waals surface area contributed by atoms with Crippen LogP contribution in [0.15, 0.2) is 47.1 Å². The number of carbonyl (C=O) groups excluding carboxylic acids is 1. The number of carbonyl (C=O) groups is 1. The fraction of sp³-hybridized carbons (Fsp3) is 0.412. The number of nitrogens with zero attached hydrogens (tertiary/aromatic N) is 2. The van der Waals surface area contributed by atoms with Crippen molar-refractivity contribution < 1.29 is 14.5 Å². The van der Waals surface area contributed by atoms with Gasteiger partial charge in [-0.25, -0.2) is 4.79 Å². The highest BCUT2D eigenvalue weighted by Gasteiger charge is 2.41. The van der Waals surface area contributed by atoms with Gasteiger partial charge in [0.1, 0.15) is 5.92 Å². The minimum absolute atomic E-state index is 0.0872. The van der Waals surface area contributed by atoms with E-state index in [1.807, 2.05) is 13.8 Å². The molecule has 1 N–H and O–H groups in total. The molecule has 1 aliphatic heterocycles. The monoisotopic (exact) mass is 331 g/mol. The van der Waals surface area contributed by atoms with E-state index in [4.69, 9.17) is 4.74 Å². The molecule has 128 valence electrons. The SMILES string of the molecule is CC1=C(C(=O)OCC(C)C)C(c2ccccn2)C([N+](=O)[O-])=C(C)N1. The summed E-state index contributed by atoms with van der Waals surface area (Å²) in [5.74, 6) is -1.25. The van der Waals surface area contributed by atoms with Crippen molar-refractivity contribution in [1.29, 1.82) is 0 Å². The third-order valence-electron chi connectivity index (χ3n) is 3.67. The predicted molar refractivity (Wildman–Crippen MR) is 88.3 cm³/mol. The number of pyridine rings is 1. The van der Waals surface area contributed by atoms with Gasteiger partial charge in [-0.3, -0.25) is 15.1 Å². The van der Waals surface area contributed by atoms with Gasteiger partial charge in [0.15, 0.2) is 0 Å². The molecule has 2 heterocycles. The molecule has 1 aromatic rings. The molecule has 0 saturated carbocycles. The van der Waals surface area contributed by atoms with Crippen LogP contribution in [0.4, 0.5) is 0 Å². The molecule has 0 radical (unpaired) electrons. The molecule has 0 aliphatic carbocycles. The Morgan fingerprint density at radius 1 is 1.38 bits per heavy atom. The molecule has 7 nitrogen and oxygen atoms in total. The van der Waals surface area contributed by atoms with Gasteiger partial charge in [0.25, 0.3) is 5.70 Å². The lowest BCUT2D eigenvalue weighted by Gasteiger charge is -2.26. The van der Waals surface area contributed by atoms with Crippen LogP contribution in [-0.2, 0) is 9.53 Å². The number of rotatable bonds is 5. The topological polar surface area (TPSA) is 94.4 Å². The molecule has 1 unspecified atom stereocenters. The second-order valence-corrected chi connectivity index (χ2v) is 6.11. The number of aromatic nitrogens is 1. The summed E-state index contributed by atoms with van der Waals surface area (Å²) in [6.45, 7) is 7.43. The van der Waals surface area contributed by atoms with Crippen molar-refractivity contribution in [1.82, 2.24) is 10.3 Å². The van der Waals surface area contributed by atoms with Gasteiger partial charge in [0.05, 0.1) is 28.5 Å². The van der Waals surface area contributed by atoms with Gasteiger partial charge in [-0.1, -0.05) is 19.9 Å². The van der Waals surface area contributed by atoms with Crippen LogP contribution in [0.3, 0.4) is 0 Å². The number of hydrogen-bond donors (Lipinski definition) is 1. The van der Waals surface area contributed by atoms with Crippen LogP contribution in [0.25, 0.3) is 0 Å². The molecular formula is C17H21N3O4. The van der Waals surface area contributed by atoms with Crippen LogP contribution in [0.1, 0.15) is 39.3 Å². The predicted octanol–water partition coefficient (Wildman–Crippen LogP) is 2.75. The normalized spacial score (nSPS) is 17.8. The minimum Gasteiger partial charge on any atom is -0.462 e. The van der Waals surface area contributed by atoms with E-state index in [2.05, 4.69) is 10.3 Å². The summed E-state index contributed by atoms with van der Waals surface area (Å²) in [5.41, 5.74) is 1.53. The molecule has 1 atom stereocenters. The summed E-state index contributed by atoms with van der Waals surface area (Å²) >= 11 is 0. The molecule has 7 heteroatoms. The number of allylic oxidation sites excluding steroid dienone is 3. The lowest BCUT2D eigenvalue weighted by Crippen LogP contribution is -2.32. The fourth-order valence-electron chi connectivity index (χ4n) is 2.65. The van der Waals surface area contributed by atoms with Crippen LogP contribution in [0, 0.1) is 16.0 Å². The van der Waals surface area contributed by atoms with Crippen LogP contribution < -0.4 is 5.32 Å². The molecule has 1 aromatic heterocycles. The summed E-state index contributed by atoms with van der Waals surface area (Å²) in [7, 11) is 0. The highest BCUT2D eigenvalue weighted by molar-refractivity contribution is 5.92. The first kappa shape index (κ1) is 17.7. The first-order valence-corrected chi connectivity index (χ1v) is 7.74. The number of nitrogens with one attached hydrogen (secondary N) is 1. The van der Waals surface area contributed by atoms with E-state index < -0.39 is 16.8 Å². The van der Waals surface area contributed by atoms with Crippen LogP contribution >= 0.6 is 0 Å². The van der Waals surface area contributed by atoms with Crippen molar-refractivity contribution >= 4 is 5.97 Å². The molecule has 0 saturated heterocycles. The average molecular weight is 331 g/mol. The third kappa shape index (κ3) is 3.61. The number of ether oxygens (including phenoxy) is 1. The maximum atomic E-state index is 12.6. The van der Waals surface area contributed by atoms with E-state index >= 15 is 0 Å². The van der Waals surface area contributed by atoms with Crippen molar-refractivity contribution in [2.45, 2.75) is 33.6 Å². The summed E-state index contributed by atoms with van der Waals surface area (Å²) in [5, 5.41) is 14.5. The van der Waals surface area contributed by atoms with E-state index in [-0.39, 0.29) is 23.8 Å². The quantitative estimate of drug-likeness (QED) is 0.506.